The van der Waals surface area contributed by atoms with Crippen LogP contribution in [0.2, 0.25) is 10.0 Å². The molecule has 7 rings (SSSR count). The van der Waals surface area contributed by atoms with Crippen LogP contribution >= 0.6 is 23.2 Å². The van der Waals surface area contributed by atoms with Gasteiger partial charge in [-0.25, -0.2) is 4.39 Å². The van der Waals surface area contributed by atoms with Crippen molar-refractivity contribution in [3.05, 3.63) is 99.3 Å². The van der Waals surface area contributed by atoms with Gasteiger partial charge in [-0.05, 0) is 85.3 Å². The number of phenols is 1. The summed E-state index contributed by atoms with van der Waals surface area (Å²) in [6, 6.07) is 15.1. The molecule has 0 bridgehead atoms. The number of imide groups is 2. The second-order valence-electron chi connectivity index (χ2n) is 12.3. The van der Waals surface area contributed by atoms with Gasteiger partial charge >= 0.3 is 0 Å². The average Bonchev–Trinajstić information content (AvgIpc) is 3.44. The number of benzene rings is 3. The molecule has 6 atom stereocenters. The number of methoxy groups -OCH3 is 1. The SMILES string of the molecule is CCN1C(=O)[C@H]2[C@H](CC=C3[C@H]2C[C@H]2C(=O)N(Nc4ccc(F)cc4)C(=O)[C@@]2(c2ccc(Cl)cc2)[C@H]3c2cc(Cl)c(O)c(OC)c2)C1=O. The number of carbonyl (C=O) groups is 4. The fourth-order valence-electron chi connectivity index (χ4n) is 8.32. The molecule has 0 radical (unpaired) electrons. The highest BCUT2D eigenvalue weighted by molar-refractivity contribution is 6.32. The Morgan fingerprint density at radius 1 is 0.979 bits per heavy atom. The van der Waals surface area contributed by atoms with Gasteiger partial charge in [0.2, 0.25) is 11.8 Å². The largest absolute Gasteiger partial charge is 0.503 e. The summed E-state index contributed by atoms with van der Waals surface area (Å²) in [4.78, 5) is 58.1. The lowest BCUT2D eigenvalue weighted by molar-refractivity contribution is -0.141. The van der Waals surface area contributed by atoms with Gasteiger partial charge in [-0.15, -0.1) is 0 Å². The van der Waals surface area contributed by atoms with Crippen LogP contribution in [-0.2, 0) is 24.6 Å². The standard InChI is InChI=1S/C35H30Cl2FN3O6/c1-3-40-31(43)23-13-12-22-24(28(23)33(40)45)16-25-32(44)41(39-21-10-8-20(38)9-11-21)34(46)35(25,18-4-6-19(36)7-5-18)29(22)17-14-26(37)30(42)27(15-17)47-2/h4-12,14-15,23-25,28-29,39,42H,3,13,16H2,1-2H3/t23-,24+,25-,28-,29-,35+/m0/s1. The highest BCUT2D eigenvalue weighted by Crippen LogP contribution is 2.64. The summed E-state index contributed by atoms with van der Waals surface area (Å²) in [5, 5.41) is 12.0. The van der Waals surface area contributed by atoms with Crippen LogP contribution in [0, 0.1) is 29.5 Å². The Labute approximate surface area is 279 Å². The number of fused-ring (bicyclic) bond motifs is 4. The van der Waals surface area contributed by atoms with Crippen molar-refractivity contribution in [1.29, 1.82) is 0 Å². The smallest absolute Gasteiger partial charge is 0.260 e. The summed E-state index contributed by atoms with van der Waals surface area (Å²) in [5.41, 5.74) is 3.36. The van der Waals surface area contributed by atoms with Crippen LogP contribution in [0.5, 0.6) is 11.5 Å². The Morgan fingerprint density at radius 2 is 1.68 bits per heavy atom. The molecule has 0 spiro atoms. The third kappa shape index (κ3) is 4.48. The van der Waals surface area contributed by atoms with Crippen molar-refractivity contribution in [3.8, 4) is 11.5 Å². The first-order chi connectivity index (χ1) is 22.5. The third-order valence-electron chi connectivity index (χ3n) is 10.3. The number of nitrogens with one attached hydrogen (secondary N) is 1. The first-order valence-corrected chi connectivity index (χ1v) is 16.1. The van der Waals surface area contributed by atoms with Gasteiger partial charge in [0.15, 0.2) is 11.5 Å². The molecule has 242 valence electrons. The molecule has 2 heterocycles. The number of rotatable bonds is 6. The van der Waals surface area contributed by atoms with Crippen LogP contribution in [0.4, 0.5) is 10.1 Å². The van der Waals surface area contributed by atoms with E-state index >= 15 is 4.79 Å². The third-order valence-corrected chi connectivity index (χ3v) is 10.8. The Bertz CT molecular complexity index is 1870. The Hall–Kier alpha value is -4.41. The molecule has 2 saturated heterocycles. The molecule has 3 fully saturated rings. The maximum absolute atomic E-state index is 15.1. The highest BCUT2D eigenvalue weighted by Gasteiger charge is 2.70. The quantitative estimate of drug-likeness (QED) is 0.248. The number of anilines is 1. The number of hydrazine groups is 1. The van der Waals surface area contributed by atoms with E-state index in [4.69, 9.17) is 27.9 Å². The summed E-state index contributed by atoms with van der Waals surface area (Å²) in [6.45, 7) is 1.98. The number of nitrogens with zero attached hydrogens (tertiary/aromatic N) is 2. The summed E-state index contributed by atoms with van der Waals surface area (Å²) in [6.07, 6.45) is 2.31. The Morgan fingerprint density at radius 3 is 2.34 bits per heavy atom. The number of aromatic hydroxyl groups is 1. The molecule has 47 heavy (non-hydrogen) atoms. The van der Waals surface area contributed by atoms with Crippen LogP contribution in [0.1, 0.15) is 36.8 Å². The molecular weight excluding hydrogens is 648 g/mol. The molecule has 9 nitrogen and oxygen atoms in total. The van der Waals surface area contributed by atoms with Crippen LogP contribution < -0.4 is 10.2 Å². The Kier molecular flexibility index (Phi) is 7.56. The van der Waals surface area contributed by atoms with Crippen molar-refractivity contribution in [2.75, 3.05) is 19.1 Å². The van der Waals surface area contributed by atoms with Gasteiger partial charge in [-0.3, -0.25) is 29.5 Å². The first-order valence-electron chi connectivity index (χ1n) is 15.3. The normalized spacial score (nSPS) is 28.2. The number of amides is 4. The van der Waals surface area contributed by atoms with Crippen LogP contribution in [-0.4, -0.2) is 52.3 Å². The molecule has 4 amide bonds. The molecule has 0 unspecified atom stereocenters. The minimum Gasteiger partial charge on any atom is -0.503 e. The lowest BCUT2D eigenvalue weighted by atomic mass is 9.49. The topological polar surface area (TPSA) is 116 Å². The van der Waals surface area contributed by atoms with Crippen LogP contribution in [0.3, 0.4) is 0 Å². The number of hydrogen-bond donors (Lipinski definition) is 2. The van der Waals surface area contributed by atoms with E-state index in [0.29, 0.717) is 21.8 Å². The van der Waals surface area contributed by atoms with Gasteiger partial charge in [-0.1, -0.05) is 47.0 Å². The van der Waals surface area contributed by atoms with Crippen molar-refractivity contribution >= 4 is 52.5 Å². The Balaban J connectivity index is 1.49. The fourth-order valence-corrected chi connectivity index (χ4v) is 8.67. The zero-order valence-corrected chi connectivity index (χ0v) is 26.9. The van der Waals surface area contributed by atoms with E-state index in [1.165, 1.54) is 36.3 Å². The van der Waals surface area contributed by atoms with Gasteiger partial charge < -0.3 is 9.84 Å². The van der Waals surface area contributed by atoms with E-state index in [1.807, 2.05) is 6.08 Å². The number of likely N-dealkylation sites (tertiary alicyclic amines) is 1. The van der Waals surface area contributed by atoms with Gasteiger partial charge in [0, 0.05) is 17.5 Å². The molecule has 2 aliphatic carbocycles. The zero-order valence-electron chi connectivity index (χ0n) is 25.4. The van der Waals surface area contributed by atoms with Crippen molar-refractivity contribution in [2.45, 2.75) is 31.1 Å². The molecule has 2 N–H and O–H groups in total. The number of carbonyl (C=O) groups excluding carboxylic acids is 4. The summed E-state index contributed by atoms with van der Waals surface area (Å²) in [7, 11) is 1.38. The van der Waals surface area contributed by atoms with Crippen molar-refractivity contribution in [2.24, 2.45) is 23.7 Å². The van der Waals surface area contributed by atoms with Crippen LogP contribution in [0.15, 0.2) is 72.3 Å². The molecule has 4 aliphatic rings. The molecule has 2 aliphatic heterocycles. The van der Waals surface area contributed by atoms with E-state index in [9.17, 15) is 23.9 Å². The van der Waals surface area contributed by atoms with E-state index in [2.05, 4.69) is 5.43 Å². The van der Waals surface area contributed by atoms with E-state index in [-0.39, 0.29) is 47.7 Å². The van der Waals surface area contributed by atoms with Crippen molar-refractivity contribution in [3.63, 3.8) is 0 Å². The molecule has 0 aromatic heterocycles. The number of hydrogen-bond acceptors (Lipinski definition) is 7. The highest BCUT2D eigenvalue weighted by atomic mass is 35.5. The molecular formula is C35H30Cl2FN3O6. The molecule has 3 aromatic rings. The van der Waals surface area contributed by atoms with E-state index in [1.54, 1.807) is 43.3 Å². The van der Waals surface area contributed by atoms with E-state index in [0.717, 1.165) is 10.6 Å². The lowest BCUT2D eigenvalue weighted by Crippen LogP contribution is -2.53. The predicted molar refractivity (Wildman–Crippen MR) is 171 cm³/mol. The summed E-state index contributed by atoms with van der Waals surface area (Å²) in [5.74, 6) is -6.11. The summed E-state index contributed by atoms with van der Waals surface area (Å²) >= 11 is 12.9. The lowest BCUT2D eigenvalue weighted by Gasteiger charge is -2.50. The minimum absolute atomic E-state index is 0.0269. The maximum atomic E-state index is 15.1. The molecule has 1 saturated carbocycles. The van der Waals surface area contributed by atoms with E-state index < -0.39 is 52.6 Å². The molecule has 3 aromatic carbocycles. The first kappa shape index (κ1) is 31.2. The number of phenolic OH excluding ortho intramolecular Hbond substituents is 1. The van der Waals surface area contributed by atoms with Gasteiger partial charge in [0.25, 0.3) is 11.8 Å². The zero-order chi connectivity index (χ0) is 33.4. The van der Waals surface area contributed by atoms with Gasteiger partial charge in [0.1, 0.15) is 5.82 Å². The number of halogens is 3. The van der Waals surface area contributed by atoms with Crippen LogP contribution in [0.25, 0.3) is 0 Å². The number of allylic oxidation sites excluding steroid dienone is 2. The number of ether oxygens (including phenoxy) is 1. The van der Waals surface area contributed by atoms with Gasteiger partial charge in [0.05, 0.1) is 41.0 Å². The summed E-state index contributed by atoms with van der Waals surface area (Å²) < 4.78 is 19.2. The second-order valence-corrected chi connectivity index (χ2v) is 13.2. The maximum Gasteiger partial charge on any atom is 0.260 e. The minimum atomic E-state index is -1.58. The monoisotopic (exact) mass is 677 g/mol. The molecule has 12 heteroatoms. The predicted octanol–water partition coefficient (Wildman–Crippen LogP) is 5.85. The fraction of sp³-hybridized carbons (Fsp3) is 0.314. The second kappa shape index (κ2) is 11.4. The van der Waals surface area contributed by atoms with Gasteiger partial charge in [-0.2, -0.15) is 5.01 Å². The van der Waals surface area contributed by atoms with Crippen molar-refractivity contribution < 1.29 is 33.4 Å². The average molecular weight is 679 g/mol. The van der Waals surface area contributed by atoms with Crippen molar-refractivity contribution in [1.82, 2.24) is 9.91 Å².